The number of hydrogen-bond acceptors (Lipinski definition) is 1. The molecular formula is C11H11ClFN. The molecule has 0 unspecified atom stereocenters. The minimum absolute atomic E-state index is 0.158. The van der Waals surface area contributed by atoms with E-state index in [2.05, 4.69) is 17.2 Å². The molecule has 1 rings (SSSR count). The molecule has 0 spiro atoms. The van der Waals surface area contributed by atoms with Crippen molar-refractivity contribution in [2.75, 3.05) is 6.54 Å². The van der Waals surface area contributed by atoms with Crippen LogP contribution in [-0.4, -0.2) is 6.54 Å². The zero-order valence-corrected chi connectivity index (χ0v) is 8.66. The summed E-state index contributed by atoms with van der Waals surface area (Å²) in [5.74, 6) is 5.27. The molecule has 0 aromatic heterocycles. The van der Waals surface area contributed by atoms with E-state index in [0.29, 0.717) is 13.1 Å². The lowest BCUT2D eigenvalue weighted by Gasteiger charge is -2.02. The summed E-state index contributed by atoms with van der Waals surface area (Å²) in [4.78, 5) is 0. The highest BCUT2D eigenvalue weighted by Gasteiger charge is 1.99. The van der Waals surface area contributed by atoms with Crippen LogP contribution < -0.4 is 5.32 Å². The molecule has 0 bridgehead atoms. The van der Waals surface area contributed by atoms with E-state index in [1.165, 1.54) is 6.07 Å². The largest absolute Gasteiger partial charge is 0.302 e. The van der Waals surface area contributed by atoms with Crippen LogP contribution in [0.3, 0.4) is 0 Å². The quantitative estimate of drug-likeness (QED) is 0.599. The second-order valence-corrected chi connectivity index (χ2v) is 3.19. The van der Waals surface area contributed by atoms with Gasteiger partial charge in [-0.2, -0.15) is 0 Å². The van der Waals surface area contributed by atoms with Gasteiger partial charge in [0.05, 0.1) is 11.6 Å². The Morgan fingerprint density at radius 3 is 2.93 bits per heavy atom. The summed E-state index contributed by atoms with van der Waals surface area (Å²) in [7, 11) is 0. The second kappa shape index (κ2) is 5.64. The topological polar surface area (TPSA) is 12.0 Å². The van der Waals surface area contributed by atoms with Gasteiger partial charge in [-0.1, -0.05) is 23.6 Å². The Kier molecular flexibility index (Phi) is 4.45. The normalized spacial score (nSPS) is 9.36. The Bertz CT molecular complexity index is 365. The average molecular weight is 212 g/mol. The van der Waals surface area contributed by atoms with Gasteiger partial charge in [0.15, 0.2) is 0 Å². The lowest BCUT2D eigenvalue weighted by Crippen LogP contribution is -2.13. The highest BCUT2D eigenvalue weighted by molar-refractivity contribution is 6.30. The fourth-order valence-corrected chi connectivity index (χ4v) is 1.21. The minimum Gasteiger partial charge on any atom is -0.302 e. The molecule has 0 aliphatic rings. The summed E-state index contributed by atoms with van der Waals surface area (Å²) in [6, 6.07) is 4.68. The predicted octanol–water partition coefficient (Wildman–Crippen LogP) is 2.59. The first-order valence-electron chi connectivity index (χ1n) is 4.28. The molecule has 0 amide bonds. The first kappa shape index (κ1) is 11.0. The van der Waals surface area contributed by atoms with Gasteiger partial charge < -0.3 is 5.32 Å². The van der Waals surface area contributed by atoms with Crippen LogP contribution in [0.15, 0.2) is 18.2 Å². The molecule has 0 saturated carbocycles. The number of nitrogens with one attached hydrogen (secondary N) is 1. The zero-order chi connectivity index (χ0) is 10.4. The van der Waals surface area contributed by atoms with Crippen molar-refractivity contribution in [2.45, 2.75) is 13.5 Å². The summed E-state index contributed by atoms with van der Waals surface area (Å²) < 4.78 is 12.8. The molecule has 0 aliphatic heterocycles. The number of benzene rings is 1. The predicted molar refractivity (Wildman–Crippen MR) is 56.6 cm³/mol. The van der Waals surface area contributed by atoms with Gasteiger partial charge in [-0.05, 0) is 24.6 Å². The molecule has 0 saturated heterocycles. The summed E-state index contributed by atoms with van der Waals surface area (Å²) in [5, 5.41) is 3.25. The number of rotatable bonds is 3. The first-order valence-corrected chi connectivity index (χ1v) is 4.66. The van der Waals surface area contributed by atoms with E-state index in [1.54, 1.807) is 19.1 Å². The van der Waals surface area contributed by atoms with Crippen LogP contribution in [0.25, 0.3) is 0 Å². The van der Waals surface area contributed by atoms with E-state index >= 15 is 0 Å². The highest BCUT2D eigenvalue weighted by atomic mass is 35.5. The zero-order valence-electron chi connectivity index (χ0n) is 7.90. The van der Waals surface area contributed by atoms with E-state index in [0.717, 1.165) is 5.56 Å². The van der Waals surface area contributed by atoms with E-state index < -0.39 is 0 Å². The highest BCUT2D eigenvalue weighted by Crippen LogP contribution is 2.15. The molecule has 1 aromatic carbocycles. The van der Waals surface area contributed by atoms with Crippen LogP contribution in [0.1, 0.15) is 12.5 Å². The molecule has 3 heteroatoms. The molecule has 1 aromatic rings. The Hall–Kier alpha value is -1.04. The average Bonchev–Trinajstić information content (AvgIpc) is 2.18. The third kappa shape index (κ3) is 3.37. The Balaban J connectivity index is 2.50. The Labute approximate surface area is 88.3 Å². The van der Waals surface area contributed by atoms with Crippen molar-refractivity contribution in [3.8, 4) is 11.8 Å². The van der Waals surface area contributed by atoms with E-state index in [4.69, 9.17) is 11.6 Å². The molecule has 0 atom stereocenters. The van der Waals surface area contributed by atoms with E-state index in [1.807, 2.05) is 0 Å². The number of halogens is 2. The maximum atomic E-state index is 12.8. The van der Waals surface area contributed by atoms with Crippen molar-refractivity contribution in [1.29, 1.82) is 0 Å². The molecule has 0 aliphatic carbocycles. The Morgan fingerprint density at radius 2 is 2.29 bits per heavy atom. The molecule has 74 valence electrons. The first-order chi connectivity index (χ1) is 6.74. The van der Waals surface area contributed by atoms with Crippen LogP contribution in [-0.2, 0) is 6.54 Å². The molecule has 0 heterocycles. The maximum Gasteiger partial charge on any atom is 0.141 e. The number of hydrogen-bond donors (Lipinski definition) is 1. The van der Waals surface area contributed by atoms with Crippen LogP contribution in [0.2, 0.25) is 5.02 Å². The molecule has 1 N–H and O–H groups in total. The van der Waals surface area contributed by atoms with E-state index in [9.17, 15) is 4.39 Å². The molecule has 14 heavy (non-hydrogen) atoms. The smallest absolute Gasteiger partial charge is 0.141 e. The van der Waals surface area contributed by atoms with Crippen molar-refractivity contribution < 1.29 is 4.39 Å². The monoisotopic (exact) mass is 211 g/mol. The molecular weight excluding hydrogens is 201 g/mol. The van der Waals surface area contributed by atoms with E-state index in [-0.39, 0.29) is 10.8 Å². The minimum atomic E-state index is -0.385. The summed E-state index contributed by atoms with van der Waals surface area (Å²) in [5.41, 5.74) is 0.953. The van der Waals surface area contributed by atoms with Gasteiger partial charge in [-0.3, -0.25) is 0 Å². The van der Waals surface area contributed by atoms with Crippen molar-refractivity contribution in [3.63, 3.8) is 0 Å². The van der Waals surface area contributed by atoms with Gasteiger partial charge in [0.25, 0.3) is 0 Å². The lowest BCUT2D eigenvalue weighted by molar-refractivity contribution is 0.626. The van der Waals surface area contributed by atoms with Crippen LogP contribution in [0, 0.1) is 17.7 Å². The maximum absolute atomic E-state index is 12.8. The van der Waals surface area contributed by atoms with Crippen molar-refractivity contribution >= 4 is 11.6 Å². The third-order valence-electron chi connectivity index (χ3n) is 1.70. The van der Waals surface area contributed by atoms with Gasteiger partial charge in [-0.15, -0.1) is 5.92 Å². The van der Waals surface area contributed by atoms with Crippen molar-refractivity contribution in [3.05, 3.63) is 34.6 Å². The third-order valence-corrected chi connectivity index (χ3v) is 1.99. The SMILES string of the molecule is CC#CCNCc1ccc(F)c(Cl)c1. The molecule has 0 fully saturated rings. The van der Waals surface area contributed by atoms with Gasteiger partial charge in [-0.25, -0.2) is 4.39 Å². The summed E-state index contributed by atoms with van der Waals surface area (Å²) in [6.45, 7) is 3.07. The summed E-state index contributed by atoms with van der Waals surface area (Å²) in [6.07, 6.45) is 0. The van der Waals surface area contributed by atoms with Crippen molar-refractivity contribution in [2.24, 2.45) is 0 Å². The van der Waals surface area contributed by atoms with Gasteiger partial charge in [0.2, 0.25) is 0 Å². The van der Waals surface area contributed by atoms with Gasteiger partial charge in [0.1, 0.15) is 5.82 Å². The second-order valence-electron chi connectivity index (χ2n) is 2.78. The van der Waals surface area contributed by atoms with Crippen LogP contribution in [0.4, 0.5) is 4.39 Å². The molecule has 1 nitrogen and oxygen atoms in total. The Morgan fingerprint density at radius 1 is 1.50 bits per heavy atom. The lowest BCUT2D eigenvalue weighted by atomic mass is 10.2. The van der Waals surface area contributed by atoms with Crippen LogP contribution in [0.5, 0.6) is 0 Å². The van der Waals surface area contributed by atoms with Gasteiger partial charge >= 0.3 is 0 Å². The van der Waals surface area contributed by atoms with Gasteiger partial charge in [0, 0.05) is 6.54 Å². The summed E-state index contributed by atoms with van der Waals surface area (Å²) >= 11 is 5.62. The van der Waals surface area contributed by atoms with Crippen LogP contribution >= 0.6 is 11.6 Å². The van der Waals surface area contributed by atoms with Crippen molar-refractivity contribution in [1.82, 2.24) is 5.32 Å². The fourth-order valence-electron chi connectivity index (χ4n) is 1.01. The molecule has 0 radical (unpaired) electrons. The standard InChI is InChI=1S/C11H11ClFN/c1-2-3-6-14-8-9-4-5-11(13)10(12)7-9/h4-5,7,14H,6,8H2,1H3. The fraction of sp³-hybridized carbons (Fsp3) is 0.273.